The maximum absolute atomic E-state index is 12.9. The van der Waals surface area contributed by atoms with Crippen LogP contribution in [-0.4, -0.2) is 48.5 Å². The van der Waals surface area contributed by atoms with Gasteiger partial charge in [0.15, 0.2) is 5.43 Å². The number of halogens is 1. The minimum Gasteiger partial charge on any atom is -0.507 e. The van der Waals surface area contributed by atoms with Crippen molar-refractivity contribution in [2.45, 2.75) is 18.4 Å². The molecule has 4 rings (SSSR count). The highest BCUT2D eigenvalue weighted by atomic mass is 35.5. The third-order valence-corrected chi connectivity index (χ3v) is 6.00. The summed E-state index contributed by atoms with van der Waals surface area (Å²) in [6.07, 6.45) is 0.762. The lowest BCUT2D eigenvalue weighted by molar-refractivity contribution is 0.122. The van der Waals surface area contributed by atoms with Crippen LogP contribution in [-0.2, 0) is 4.74 Å². The van der Waals surface area contributed by atoms with Crippen molar-refractivity contribution in [3.8, 4) is 22.8 Å². The first-order valence-electron chi connectivity index (χ1n) is 9.39. The van der Waals surface area contributed by atoms with E-state index in [0.717, 1.165) is 13.0 Å². The summed E-state index contributed by atoms with van der Waals surface area (Å²) in [6, 6.07) is 9.59. The normalized spacial score (nSPS) is 19.8. The number of nitrogens with zero attached hydrogens (tertiary/aromatic N) is 1. The lowest BCUT2D eigenvalue weighted by atomic mass is 9.89. The van der Waals surface area contributed by atoms with Crippen LogP contribution in [0.15, 0.2) is 45.6 Å². The molecule has 152 valence electrons. The molecule has 2 aromatic carbocycles. The van der Waals surface area contributed by atoms with Crippen molar-refractivity contribution in [3.05, 3.63) is 57.2 Å². The van der Waals surface area contributed by atoms with Gasteiger partial charge in [0, 0.05) is 42.3 Å². The van der Waals surface area contributed by atoms with E-state index >= 15 is 0 Å². The first-order valence-corrected chi connectivity index (χ1v) is 9.77. The Hall–Kier alpha value is -2.54. The fraction of sp³-hybridized carbons (Fsp3) is 0.318. The van der Waals surface area contributed by atoms with Crippen molar-refractivity contribution < 1.29 is 19.4 Å². The molecule has 6 nitrogen and oxygen atoms in total. The Morgan fingerprint density at radius 1 is 1.24 bits per heavy atom. The molecule has 1 fully saturated rings. The zero-order chi connectivity index (χ0) is 20.7. The quantitative estimate of drug-likeness (QED) is 0.671. The van der Waals surface area contributed by atoms with Crippen molar-refractivity contribution >= 4 is 22.6 Å². The molecular formula is C22H22ClNO5. The molecule has 3 aromatic rings. The van der Waals surface area contributed by atoms with E-state index < -0.39 is 5.43 Å². The third kappa shape index (κ3) is 3.37. The minimum absolute atomic E-state index is 0.00733. The van der Waals surface area contributed by atoms with Crippen molar-refractivity contribution in [1.82, 2.24) is 4.90 Å². The predicted octanol–water partition coefficient (Wildman–Crippen LogP) is 3.96. The van der Waals surface area contributed by atoms with Gasteiger partial charge in [-0.3, -0.25) is 4.79 Å². The molecule has 0 aliphatic carbocycles. The van der Waals surface area contributed by atoms with Gasteiger partial charge in [0.1, 0.15) is 28.2 Å². The van der Waals surface area contributed by atoms with Crippen LogP contribution in [0.2, 0.25) is 5.02 Å². The average Bonchev–Trinajstić information content (AvgIpc) is 3.02. The molecule has 0 spiro atoms. The van der Waals surface area contributed by atoms with E-state index in [9.17, 15) is 15.0 Å². The van der Waals surface area contributed by atoms with Crippen LogP contribution in [0.1, 0.15) is 17.9 Å². The Morgan fingerprint density at radius 2 is 2.00 bits per heavy atom. The molecule has 1 saturated heterocycles. The highest BCUT2D eigenvalue weighted by molar-refractivity contribution is 6.33. The molecular weight excluding hydrogens is 394 g/mol. The van der Waals surface area contributed by atoms with Crippen LogP contribution in [0.25, 0.3) is 22.3 Å². The Balaban J connectivity index is 2.00. The van der Waals surface area contributed by atoms with E-state index in [4.69, 9.17) is 20.8 Å². The first kappa shape index (κ1) is 19.8. The highest BCUT2D eigenvalue weighted by Crippen LogP contribution is 2.44. The zero-order valence-electron chi connectivity index (χ0n) is 16.2. The SMILES string of the molecule is COC[C@H]1C(c2c(O)cc(O)c3c(=O)cc(-c4ccccc4Cl)oc23)CCN1C. The number of phenolic OH excluding ortho intramolecular Hbond substituents is 2. The molecule has 2 N–H and O–H groups in total. The van der Waals surface area contributed by atoms with Gasteiger partial charge in [0.2, 0.25) is 0 Å². The summed E-state index contributed by atoms with van der Waals surface area (Å²) in [7, 11) is 3.63. The van der Waals surface area contributed by atoms with Crippen LogP contribution in [0, 0.1) is 0 Å². The van der Waals surface area contributed by atoms with Crippen molar-refractivity contribution in [3.63, 3.8) is 0 Å². The predicted molar refractivity (Wildman–Crippen MR) is 112 cm³/mol. The Kier molecular flexibility index (Phi) is 5.25. The number of methoxy groups -OCH3 is 1. The van der Waals surface area contributed by atoms with Gasteiger partial charge in [-0.25, -0.2) is 0 Å². The molecule has 29 heavy (non-hydrogen) atoms. The smallest absolute Gasteiger partial charge is 0.197 e. The van der Waals surface area contributed by atoms with Gasteiger partial charge in [-0.1, -0.05) is 23.7 Å². The second-order valence-corrected chi connectivity index (χ2v) is 7.79. The van der Waals surface area contributed by atoms with Crippen molar-refractivity contribution in [1.29, 1.82) is 0 Å². The maximum Gasteiger partial charge on any atom is 0.197 e. The lowest BCUT2D eigenvalue weighted by Gasteiger charge is -2.25. The second-order valence-electron chi connectivity index (χ2n) is 7.39. The number of hydrogen-bond acceptors (Lipinski definition) is 6. The van der Waals surface area contributed by atoms with Gasteiger partial charge < -0.3 is 24.3 Å². The number of rotatable bonds is 4. The van der Waals surface area contributed by atoms with Gasteiger partial charge in [0.05, 0.1) is 11.6 Å². The molecule has 1 aliphatic heterocycles. The highest BCUT2D eigenvalue weighted by Gasteiger charge is 2.37. The molecule has 1 aromatic heterocycles. The summed E-state index contributed by atoms with van der Waals surface area (Å²) in [5.74, 6) is -0.243. The van der Waals surface area contributed by atoms with Crippen LogP contribution in [0.4, 0.5) is 0 Å². The molecule has 0 bridgehead atoms. The summed E-state index contributed by atoms with van der Waals surface area (Å²) in [4.78, 5) is 15.0. The third-order valence-electron chi connectivity index (χ3n) is 5.67. The minimum atomic E-state index is -0.394. The summed E-state index contributed by atoms with van der Waals surface area (Å²) < 4.78 is 11.5. The number of ether oxygens (including phenoxy) is 1. The lowest BCUT2D eigenvalue weighted by Crippen LogP contribution is -2.32. The van der Waals surface area contributed by atoms with Gasteiger partial charge in [-0.05, 0) is 32.1 Å². The number of benzene rings is 2. The second kappa shape index (κ2) is 7.71. The van der Waals surface area contributed by atoms with Crippen LogP contribution in [0.3, 0.4) is 0 Å². The number of likely N-dealkylation sites (tertiary alicyclic amines) is 1. The Morgan fingerprint density at radius 3 is 2.72 bits per heavy atom. The van der Waals surface area contributed by atoms with Crippen LogP contribution < -0.4 is 5.43 Å². The fourth-order valence-electron chi connectivity index (χ4n) is 4.23. The van der Waals surface area contributed by atoms with Gasteiger partial charge in [0.25, 0.3) is 0 Å². The molecule has 2 atom stereocenters. The largest absolute Gasteiger partial charge is 0.507 e. The van der Waals surface area contributed by atoms with Gasteiger partial charge in [-0.15, -0.1) is 0 Å². The zero-order valence-corrected chi connectivity index (χ0v) is 16.9. The number of hydrogen-bond donors (Lipinski definition) is 2. The maximum atomic E-state index is 12.9. The van der Waals surface area contributed by atoms with E-state index in [-0.39, 0.29) is 40.2 Å². The van der Waals surface area contributed by atoms with Crippen molar-refractivity contribution in [2.75, 3.05) is 27.3 Å². The molecule has 1 unspecified atom stereocenters. The molecule has 2 heterocycles. The van der Waals surface area contributed by atoms with Gasteiger partial charge >= 0.3 is 0 Å². The number of aromatic hydroxyl groups is 2. The molecule has 0 amide bonds. The Labute approximate surface area is 172 Å². The van der Waals surface area contributed by atoms with E-state index in [1.54, 1.807) is 31.4 Å². The standard InChI is InChI=1S/C22H22ClNO5/c1-24-8-7-13(15(24)11-28-2)20-16(25)9-17(26)21-18(27)10-19(29-22(20)21)12-5-3-4-6-14(12)23/h3-6,9-10,13,15,25-26H,7-8,11H2,1-2H3/t13?,15-/m0/s1. The summed E-state index contributed by atoms with van der Waals surface area (Å²) in [5.41, 5.74) is 0.870. The molecule has 0 radical (unpaired) electrons. The summed E-state index contributed by atoms with van der Waals surface area (Å²) >= 11 is 6.29. The topological polar surface area (TPSA) is 83.1 Å². The Bertz CT molecular complexity index is 1130. The number of fused-ring (bicyclic) bond motifs is 1. The number of likely N-dealkylation sites (N-methyl/N-ethyl adjacent to an activating group) is 1. The van der Waals surface area contributed by atoms with Crippen LogP contribution >= 0.6 is 11.6 Å². The van der Waals surface area contributed by atoms with Gasteiger partial charge in [-0.2, -0.15) is 0 Å². The first-order chi connectivity index (χ1) is 13.9. The number of phenols is 2. The monoisotopic (exact) mass is 415 g/mol. The summed E-state index contributed by atoms with van der Waals surface area (Å²) in [5, 5.41) is 21.6. The average molecular weight is 416 g/mol. The van der Waals surface area contributed by atoms with E-state index in [1.165, 1.54) is 12.1 Å². The van der Waals surface area contributed by atoms with Crippen molar-refractivity contribution in [2.24, 2.45) is 0 Å². The summed E-state index contributed by atoms with van der Waals surface area (Å²) in [6.45, 7) is 1.28. The molecule has 7 heteroatoms. The molecule has 1 aliphatic rings. The van der Waals surface area contributed by atoms with Crippen LogP contribution in [0.5, 0.6) is 11.5 Å². The molecule has 0 saturated carbocycles. The van der Waals surface area contributed by atoms with E-state index in [2.05, 4.69) is 4.90 Å². The van der Waals surface area contributed by atoms with E-state index in [1.807, 2.05) is 7.05 Å². The van der Waals surface area contributed by atoms with E-state index in [0.29, 0.717) is 22.8 Å². The fourth-order valence-corrected chi connectivity index (χ4v) is 4.46.